The van der Waals surface area contributed by atoms with Crippen LogP contribution in [0.25, 0.3) is 0 Å². The molecule has 0 bridgehead atoms. The first-order chi connectivity index (χ1) is 7.72. The van der Waals surface area contributed by atoms with Crippen molar-refractivity contribution in [1.29, 1.82) is 0 Å². The Hall–Kier alpha value is -0.580. The Bertz CT molecular complexity index is 359. The van der Waals surface area contributed by atoms with Gasteiger partial charge in [-0.2, -0.15) is 0 Å². The SMILES string of the molecule is CC1CNC(CO)CN1c1ccccc1Br. The van der Waals surface area contributed by atoms with E-state index in [1.54, 1.807) is 0 Å². The molecule has 1 fully saturated rings. The van der Waals surface area contributed by atoms with Gasteiger partial charge in [-0.25, -0.2) is 0 Å². The number of nitrogens with one attached hydrogen (secondary N) is 1. The highest BCUT2D eigenvalue weighted by Gasteiger charge is 2.25. The first kappa shape index (κ1) is 11.9. The van der Waals surface area contributed by atoms with Crippen LogP contribution in [0.3, 0.4) is 0 Å². The highest BCUT2D eigenvalue weighted by molar-refractivity contribution is 9.10. The molecule has 2 unspecified atom stereocenters. The Morgan fingerprint density at radius 1 is 1.50 bits per heavy atom. The van der Waals surface area contributed by atoms with Crippen LogP contribution in [0.15, 0.2) is 28.7 Å². The maximum absolute atomic E-state index is 9.21. The van der Waals surface area contributed by atoms with Crippen molar-refractivity contribution in [3.05, 3.63) is 28.7 Å². The van der Waals surface area contributed by atoms with Crippen LogP contribution in [0.5, 0.6) is 0 Å². The molecule has 2 atom stereocenters. The first-order valence-electron chi connectivity index (χ1n) is 5.57. The van der Waals surface area contributed by atoms with Gasteiger partial charge < -0.3 is 15.3 Å². The first-order valence-corrected chi connectivity index (χ1v) is 6.37. The van der Waals surface area contributed by atoms with Crippen LogP contribution in [0.2, 0.25) is 0 Å². The Kier molecular flexibility index (Phi) is 3.84. The largest absolute Gasteiger partial charge is 0.395 e. The molecular formula is C12H17BrN2O. The van der Waals surface area contributed by atoms with Gasteiger partial charge in [0.25, 0.3) is 0 Å². The summed E-state index contributed by atoms with van der Waals surface area (Å²) in [5, 5.41) is 12.5. The topological polar surface area (TPSA) is 35.5 Å². The minimum absolute atomic E-state index is 0.170. The van der Waals surface area contributed by atoms with Crippen LogP contribution >= 0.6 is 15.9 Å². The average Bonchev–Trinajstić information content (AvgIpc) is 2.31. The van der Waals surface area contributed by atoms with Crippen LogP contribution in [0, 0.1) is 0 Å². The summed E-state index contributed by atoms with van der Waals surface area (Å²) in [4.78, 5) is 2.33. The lowest BCUT2D eigenvalue weighted by molar-refractivity contribution is 0.227. The van der Waals surface area contributed by atoms with E-state index in [-0.39, 0.29) is 12.6 Å². The van der Waals surface area contributed by atoms with E-state index >= 15 is 0 Å². The third-order valence-electron chi connectivity index (χ3n) is 3.03. The number of anilines is 1. The number of nitrogens with zero attached hydrogens (tertiary/aromatic N) is 1. The zero-order valence-corrected chi connectivity index (χ0v) is 10.9. The van der Waals surface area contributed by atoms with Crippen molar-refractivity contribution in [2.45, 2.75) is 19.0 Å². The van der Waals surface area contributed by atoms with E-state index in [0.717, 1.165) is 17.6 Å². The van der Waals surface area contributed by atoms with Crippen LogP contribution in [-0.2, 0) is 0 Å². The number of benzene rings is 1. The molecule has 0 aliphatic carbocycles. The normalized spacial score (nSPS) is 25.8. The summed E-state index contributed by atoms with van der Waals surface area (Å²) < 4.78 is 1.11. The minimum Gasteiger partial charge on any atom is -0.395 e. The molecule has 0 saturated carbocycles. The third-order valence-corrected chi connectivity index (χ3v) is 3.70. The van der Waals surface area contributed by atoms with Crippen molar-refractivity contribution in [2.24, 2.45) is 0 Å². The number of hydrogen-bond acceptors (Lipinski definition) is 3. The van der Waals surface area contributed by atoms with E-state index in [9.17, 15) is 5.11 Å². The van der Waals surface area contributed by atoms with E-state index in [4.69, 9.17) is 0 Å². The second-order valence-electron chi connectivity index (χ2n) is 4.24. The van der Waals surface area contributed by atoms with Gasteiger partial charge in [-0.3, -0.25) is 0 Å². The lowest BCUT2D eigenvalue weighted by Crippen LogP contribution is -2.57. The Morgan fingerprint density at radius 3 is 2.94 bits per heavy atom. The van der Waals surface area contributed by atoms with Gasteiger partial charge in [-0.05, 0) is 35.0 Å². The molecule has 4 heteroatoms. The third kappa shape index (κ3) is 2.39. The number of rotatable bonds is 2. The summed E-state index contributed by atoms with van der Waals surface area (Å²) in [6, 6.07) is 8.84. The molecule has 1 aromatic carbocycles. The molecule has 88 valence electrons. The predicted molar refractivity (Wildman–Crippen MR) is 69.8 cm³/mol. The number of hydrogen-bond donors (Lipinski definition) is 2. The van der Waals surface area contributed by atoms with E-state index in [1.807, 2.05) is 12.1 Å². The van der Waals surface area contributed by atoms with Gasteiger partial charge in [0.15, 0.2) is 0 Å². The number of aliphatic hydroxyl groups excluding tert-OH is 1. The lowest BCUT2D eigenvalue weighted by Gasteiger charge is -2.40. The number of piperazine rings is 1. The van der Waals surface area contributed by atoms with Gasteiger partial charge in [-0.15, -0.1) is 0 Å². The standard InChI is InChI=1S/C12H17BrN2O/c1-9-6-14-10(8-16)7-15(9)12-5-3-2-4-11(12)13/h2-5,9-10,14,16H,6-8H2,1H3. The quantitative estimate of drug-likeness (QED) is 0.866. The zero-order chi connectivity index (χ0) is 11.5. The molecule has 1 aromatic rings. The van der Waals surface area contributed by atoms with Crippen molar-refractivity contribution >= 4 is 21.6 Å². The molecule has 1 aliphatic rings. The average molecular weight is 285 g/mol. The van der Waals surface area contributed by atoms with E-state index in [1.165, 1.54) is 5.69 Å². The molecule has 1 aliphatic heterocycles. The summed E-state index contributed by atoms with van der Waals surface area (Å²) in [6.07, 6.45) is 0. The Balaban J connectivity index is 2.21. The van der Waals surface area contributed by atoms with Crippen molar-refractivity contribution in [3.8, 4) is 0 Å². The molecule has 3 nitrogen and oxygen atoms in total. The molecule has 2 N–H and O–H groups in total. The number of halogens is 1. The highest BCUT2D eigenvalue weighted by Crippen LogP contribution is 2.28. The smallest absolute Gasteiger partial charge is 0.0601 e. The molecular weight excluding hydrogens is 268 g/mol. The summed E-state index contributed by atoms with van der Waals surface area (Å²) in [6.45, 7) is 4.14. The Labute approximate surface area is 105 Å². The molecule has 2 rings (SSSR count). The minimum atomic E-state index is 0.170. The molecule has 16 heavy (non-hydrogen) atoms. The lowest BCUT2D eigenvalue weighted by atomic mass is 10.1. The molecule has 1 saturated heterocycles. The molecule has 0 radical (unpaired) electrons. The van der Waals surface area contributed by atoms with E-state index < -0.39 is 0 Å². The monoisotopic (exact) mass is 284 g/mol. The predicted octanol–water partition coefficient (Wildman–Crippen LogP) is 1.61. The van der Waals surface area contributed by atoms with Crippen LogP contribution < -0.4 is 10.2 Å². The zero-order valence-electron chi connectivity index (χ0n) is 9.36. The molecule has 0 spiro atoms. The molecule has 0 aromatic heterocycles. The molecule has 0 amide bonds. The maximum atomic E-state index is 9.21. The van der Waals surface area contributed by atoms with E-state index in [0.29, 0.717) is 6.04 Å². The fourth-order valence-corrected chi connectivity index (χ4v) is 2.58. The van der Waals surface area contributed by atoms with Crippen LogP contribution in [0.1, 0.15) is 6.92 Å². The number of para-hydroxylation sites is 1. The van der Waals surface area contributed by atoms with E-state index in [2.05, 4.69) is 45.2 Å². The van der Waals surface area contributed by atoms with Gasteiger partial charge in [0, 0.05) is 29.6 Å². The second kappa shape index (κ2) is 5.17. The summed E-state index contributed by atoms with van der Waals surface area (Å²) in [5.74, 6) is 0. The van der Waals surface area contributed by atoms with Crippen molar-refractivity contribution in [1.82, 2.24) is 5.32 Å². The second-order valence-corrected chi connectivity index (χ2v) is 5.09. The van der Waals surface area contributed by atoms with Gasteiger partial charge in [0.2, 0.25) is 0 Å². The summed E-state index contributed by atoms with van der Waals surface area (Å²) in [5.41, 5.74) is 1.20. The Morgan fingerprint density at radius 2 is 2.25 bits per heavy atom. The maximum Gasteiger partial charge on any atom is 0.0601 e. The van der Waals surface area contributed by atoms with Crippen molar-refractivity contribution in [2.75, 3.05) is 24.6 Å². The summed E-state index contributed by atoms with van der Waals surface area (Å²) >= 11 is 3.58. The summed E-state index contributed by atoms with van der Waals surface area (Å²) in [7, 11) is 0. The number of aliphatic hydroxyl groups is 1. The molecule has 1 heterocycles. The van der Waals surface area contributed by atoms with Gasteiger partial charge in [0.05, 0.1) is 12.3 Å². The fourth-order valence-electron chi connectivity index (χ4n) is 2.07. The van der Waals surface area contributed by atoms with Crippen molar-refractivity contribution < 1.29 is 5.11 Å². The van der Waals surface area contributed by atoms with Crippen LogP contribution in [0.4, 0.5) is 5.69 Å². The highest BCUT2D eigenvalue weighted by atomic mass is 79.9. The van der Waals surface area contributed by atoms with Gasteiger partial charge in [0.1, 0.15) is 0 Å². The van der Waals surface area contributed by atoms with Crippen molar-refractivity contribution in [3.63, 3.8) is 0 Å². The van der Waals surface area contributed by atoms with Crippen LogP contribution in [-0.4, -0.2) is 36.9 Å². The van der Waals surface area contributed by atoms with Gasteiger partial charge in [-0.1, -0.05) is 12.1 Å². The fraction of sp³-hybridized carbons (Fsp3) is 0.500. The van der Waals surface area contributed by atoms with Gasteiger partial charge >= 0.3 is 0 Å².